The van der Waals surface area contributed by atoms with Crippen molar-refractivity contribution in [3.05, 3.63) is 53.2 Å². The van der Waals surface area contributed by atoms with E-state index in [2.05, 4.69) is 41.4 Å². The van der Waals surface area contributed by atoms with Gasteiger partial charge in [0.15, 0.2) is 5.96 Å². The molecule has 1 aromatic carbocycles. The van der Waals surface area contributed by atoms with Crippen LogP contribution >= 0.6 is 0 Å². The van der Waals surface area contributed by atoms with Gasteiger partial charge in [-0.25, -0.2) is 4.98 Å². The summed E-state index contributed by atoms with van der Waals surface area (Å²) >= 11 is 0. The number of carbonyl (C=O) groups is 1. The SMILES string of the molecule is CN=C(NCc1ccc(C(=O)N2CCCCC2)cc1)NCc1ncc(C(C)(C)C)o1. The molecule has 1 fully saturated rings. The molecule has 0 atom stereocenters. The minimum absolute atomic E-state index is 0.0628. The molecule has 162 valence electrons. The Labute approximate surface area is 179 Å². The van der Waals surface area contributed by atoms with E-state index in [1.165, 1.54) is 6.42 Å². The highest BCUT2D eigenvalue weighted by Gasteiger charge is 2.19. The Morgan fingerprint density at radius 3 is 2.37 bits per heavy atom. The van der Waals surface area contributed by atoms with Crippen molar-refractivity contribution in [2.45, 2.75) is 58.5 Å². The standard InChI is InChI=1S/C23H33N5O2/c1-23(2,3)19-15-25-20(30-19)16-27-22(24-4)26-14-17-8-10-18(11-9-17)21(29)28-12-6-5-7-13-28/h8-11,15H,5-7,12-14,16H2,1-4H3,(H2,24,26,27). The lowest BCUT2D eigenvalue weighted by Crippen LogP contribution is -2.36. The van der Waals surface area contributed by atoms with Gasteiger partial charge in [-0.15, -0.1) is 0 Å². The van der Waals surface area contributed by atoms with Crippen LogP contribution in [0.4, 0.5) is 0 Å². The first kappa shape index (κ1) is 21.9. The monoisotopic (exact) mass is 411 g/mol. The molecule has 1 aliphatic rings. The summed E-state index contributed by atoms with van der Waals surface area (Å²) in [5, 5.41) is 6.49. The lowest BCUT2D eigenvalue weighted by atomic mass is 9.94. The van der Waals surface area contributed by atoms with Crippen LogP contribution in [0.3, 0.4) is 0 Å². The zero-order chi connectivity index (χ0) is 21.6. The summed E-state index contributed by atoms with van der Waals surface area (Å²) in [6, 6.07) is 7.79. The molecule has 0 saturated carbocycles. The second-order valence-corrected chi connectivity index (χ2v) is 8.70. The minimum atomic E-state index is -0.0628. The summed E-state index contributed by atoms with van der Waals surface area (Å²) in [4.78, 5) is 23.1. The fourth-order valence-electron chi connectivity index (χ4n) is 3.35. The predicted molar refractivity (Wildman–Crippen MR) is 118 cm³/mol. The first-order valence-electron chi connectivity index (χ1n) is 10.6. The molecule has 1 amide bonds. The second-order valence-electron chi connectivity index (χ2n) is 8.70. The lowest BCUT2D eigenvalue weighted by molar-refractivity contribution is 0.0724. The van der Waals surface area contributed by atoms with E-state index in [-0.39, 0.29) is 11.3 Å². The molecular formula is C23H33N5O2. The van der Waals surface area contributed by atoms with E-state index in [0.29, 0.717) is 24.9 Å². The molecule has 3 rings (SSSR count). The van der Waals surface area contributed by atoms with E-state index in [0.717, 1.165) is 42.8 Å². The Bertz CT molecular complexity index is 858. The number of rotatable bonds is 5. The number of oxazole rings is 1. The zero-order valence-electron chi connectivity index (χ0n) is 18.5. The van der Waals surface area contributed by atoms with Gasteiger partial charge in [0.05, 0.1) is 12.7 Å². The van der Waals surface area contributed by atoms with E-state index in [4.69, 9.17) is 4.42 Å². The van der Waals surface area contributed by atoms with Crippen molar-refractivity contribution in [1.82, 2.24) is 20.5 Å². The van der Waals surface area contributed by atoms with Gasteiger partial charge in [-0.2, -0.15) is 0 Å². The number of piperidine rings is 1. The third kappa shape index (κ3) is 5.84. The van der Waals surface area contributed by atoms with E-state index in [1.807, 2.05) is 29.2 Å². The van der Waals surface area contributed by atoms with E-state index < -0.39 is 0 Å². The Balaban J connectivity index is 1.48. The molecule has 7 nitrogen and oxygen atoms in total. The molecule has 1 aliphatic heterocycles. The smallest absolute Gasteiger partial charge is 0.253 e. The van der Waals surface area contributed by atoms with Gasteiger partial charge < -0.3 is 20.0 Å². The van der Waals surface area contributed by atoms with Crippen LogP contribution in [-0.4, -0.2) is 41.9 Å². The molecule has 30 heavy (non-hydrogen) atoms. The molecule has 0 aliphatic carbocycles. The first-order chi connectivity index (χ1) is 14.4. The fourth-order valence-corrected chi connectivity index (χ4v) is 3.35. The second kappa shape index (κ2) is 9.78. The van der Waals surface area contributed by atoms with Crippen LogP contribution in [0.25, 0.3) is 0 Å². The van der Waals surface area contributed by atoms with E-state index in [9.17, 15) is 4.79 Å². The maximum absolute atomic E-state index is 12.6. The predicted octanol–water partition coefficient (Wildman–Crippen LogP) is 3.46. The van der Waals surface area contributed by atoms with Crippen molar-refractivity contribution in [2.75, 3.05) is 20.1 Å². The van der Waals surface area contributed by atoms with Crippen LogP contribution in [0.15, 0.2) is 39.9 Å². The van der Waals surface area contributed by atoms with Gasteiger partial charge in [-0.1, -0.05) is 32.9 Å². The van der Waals surface area contributed by atoms with Gasteiger partial charge in [0, 0.05) is 37.7 Å². The number of hydrogen-bond acceptors (Lipinski definition) is 4. The number of benzene rings is 1. The highest BCUT2D eigenvalue weighted by molar-refractivity contribution is 5.94. The van der Waals surface area contributed by atoms with Crippen molar-refractivity contribution >= 4 is 11.9 Å². The van der Waals surface area contributed by atoms with Gasteiger partial charge in [-0.3, -0.25) is 9.79 Å². The number of nitrogens with one attached hydrogen (secondary N) is 2. The van der Waals surface area contributed by atoms with Crippen LogP contribution < -0.4 is 10.6 Å². The molecule has 1 saturated heterocycles. The van der Waals surface area contributed by atoms with Crippen LogP contribution in [0.2, 0.25) is 0 Å². The average molecular weight is 412 g/mol. The molecule has 2 aromatic rings. The van der Waals surface area contributed by atoms with Gasteiger partial charge in [-0.05, 0) is 37.0 Å². The molecule has 7 heteroatoms. The maximum Gasteiger partial charge on any atom is 0.253 e. The van der Waals surface area contributed by atoms with Crippen LogP contribution in [0.5, 0.6) is 0 Å². The number of amides is 1. The van der Waals surface area contributed by atoms with Crippen molar-refractivity contribution in [2.24, 2.45) is 4.99 Å². The lowest BCUT2D eigenvalue weighted by Gasteiger charge is -2.26. The molecule has 1 aromatic heterocycles. The Kier molecular flexibility index (Phi) is 7.13. The van der Waals surface area contributed by atoms with Gasteiger partial charge in [0.25, 0.3) is 5.91 Å². The molecule has 0 spiro atoms. The topological polar surface area (TPSA) is 82.8 Å². The van der Waals surface area contributed by atoms with E-state index in [1.54, 1.807) is 13.2 Å². The highest BCUT2D eigenvalue weighted by atomic mass is 16.4. The number of likely N-dealkylation sites (tertiary alicyclic amines) is 1. The van der Waals surface area contributed by atoms with Crippen molar-refractivity contribution in [3.63, 3.8) is 0 Å². The van der Waals surface area contributed by atoms with E-state index >= 15 is 0 Å². The molecule has 2 heterocycles. The fraction of sp³-hybridized carbons (Fsp3) is 0.522. The maximum atomic E-state index is 12.6. The van der Waals surface area contributed by atoms with Crippen LogP contribution in [-0.2, 0) is 18.5 Å². The van der Waals surface area contributed by atoms with Gasteiger partial charge >= 0.3 is 0 Å². The third-order valence-electron chi connectivity index (χ3n) is 5.23. The molecular weight excluding hydrogens is 378 g/mol. The summed E-state index contributed by atoms with van der Waals surface area (Å²) in [7, 11) is 1.73. The molecule has 0 bridgehead atoms. The first-order valence-corrected chi connectivity index (χ1v) is 10.6. The van der Waals surface area contributed by atoms with Crippen molar-refractivity contribution in [3.8, 4) is 0 Å². The van der Waals surface area contributed by atoms with Gasteiger partial charge in [0.2, 0.25) is 5.89 Å². The number of hydrogen-bond donors (Lipinski definition) is 2. The van der Waals surface area contributed by atoms with Crippen molar-refractivity contribution in [1.29, 1.82) is 0 Å². The normalized spacial score (nSPS) is 15.2. The minimum Gasteiger partial charge on any atom is -0.443 e. The quantitative estimate of drug-likeness (QED) is 0.582. The Morgan fingerprint density at radius 2 is 1.77 bits per heavy atom. The number of aliphatic imine (C=N–C) groups is 1. The zero-order valence-corrected chi connectivity index (χ0v) is 18.5. The number of guanidine groups is 1. The molecule has 2 N–H and O–H groups in total. The molecule has 0 unspecified atom stereocenters. The summed E-state index contributed by atoms with van der Waals surface area (Å²) in [6.45, 7) is 9.08. The summed E-state index contributed by atoms with van der Waals surface area (Å²) in [5.41, 5.74) is 1.77. The van der Waals surface area contributed by atoms with Crippen molar-refractivity contribution < 1.29 is 9.21 Å². The Morgan fingerprint density at radius 1 is 1.10 bits per heavy atom. The average Bonchev–Trinajstić information content (AvgIpc) is 3.24. The highest BCUT2D eigenvalue weighted by Crippen LogP contribution is 2.22. The van der Waals surface area contributed by atoms with Crippen LogP contribution in [0, 0.1) is 0 Å². The summed E-state index contributed by atoms with van der Waals surface area (Å²) < 4.78 is 5.80. The third-order valence-corrected chi connectivity index (χ3v) is 5.23. The number of aromatic nitrogens is 1. The number of nitrogens with zero attached hydrogens (tertiary/aromatic N) is 3. The Hall–Kier alpha value is -2.83. The molecule has 0 radical (unpaired) electrons. The van der Waals surface area contributed by atoms with Crippen LogP contribution in [0.1, 0.15) is 67.6 Å². The number of carbonyl (C=O) groups excluding carboxylic acids is 1. The largest absolute Gasteiger partial charge is 0.443 e. The summed E-state index contributed by atoms with van der Waals surface area (Å²) in [6.07, 6.45) is 5.20. The summed E-state index contributed by atoms with van der Waals surface area (Å²) in [5.74, 6) is 2.29. The van der Waals surface area contributed by atoms with Gasteiger partial charge in [0.1, 0.15) is 5.76 Å².